The Balaban J connectivity index is 5.22. The van der Waals surface area contributed by atoms with Gasteiger partial charge in [0.1, 0.15) is 18.1 Å². The molecule has 186 valence electrons. The summed E-state index contributed by atoms with van der Waals surface area (Å²) in [6.07, 6.45) is -1.37. The van der Waals surface area contributed by atoms with Gasteiger partial charge in [-0.2, -0.15) is 0 Å². The highest BCUT2D eigenvalue weighted by atomic mass is 16.4. The molecule has 0 aromatic rings. The highest BCUT2D eigenvalue weighted by Crippen LogP contribution is 2.02. The predicted molar refractivity (Wildman–Crippen MR) is 111 cm³/mol. The van der Waals surface area contributed by atoms with Crippen LogP contribution < -0.4 is 33.2 Å². The van der Waals surface area contributed by atoms with Crippen molar-refractivity contribution in [1.82, 2.24) is 16.0 Å². The number of aliphatic imine (C=N–C) groups is 1. The Labute approximate surface area is 187 Å². The van der Waals surface area contributed by atoms with Crippen molar-refractivity contribution in [3.63, 3.8) is 0 Å². The van der Waals surface area contributed by atoms with Gasteiger partial charge >= 0.3 is 17.9 Å². The Morgan fingerprint density at radius 2 is 1.36 bits per heavy atom. The first-order valence-electron chi connectivity index (χ1n) is 9.63. The Hall–Kier alpha value is -3.95. The van der Waals surface area contributed by atoms with E-state index in [0.29, 0.717) is 0 Å². The molecule has 0 aromatic heterocycles. The smallest absolute Gasteiger partial charge is 0.326 e. The topological polar surface area (TPSA) is 290 Å². The monoisotopic (exact) mass is 475 g/mol. The number of carboxylic acid groups (broad SMARTS) is 3. The number of guanidine groups is 1. The van der Waals surface area contributed by atoms with Crippen LogP contribution in [-0.4, -0.2) is 87.6 Å². The van der Waals surface area contributed by atoms with Crippen LogP contribution in [0.15, 0.2) is 4.99 Å². The second-order valence-corrected chi connectivity index (χ2v) is 6.94. The molecule has 0 saturated heterocycles. The molecule has 0 aliphatic heterocycles. The molecule has 0 aliphatic rings. The third-order valence-corrected chi connectivity index (χ3v) is 4.05. The van der Waals surface area contributed by atoms with Crippen LogP contribution in [0, 0.1) is 0 Å². The van der Waals surface area contributed by atoms with E-state index >= 15 is 0 Å². The summed E-state index contributed by atoms with van der Waals surface area (Å²) in [4.78, 5) is 73.2. The summed E-state index contributed by atoms with van der Waals surface area (Å²) in [6.45, 7) is 1.32. The van der Waals surface area contributed by atoms with Crippen molar-refractivity contribution in [3.8, 4) is 0 Å². The van der Waals surface area contributed by atoms with Crippen molar-refractivity contribution < 1.29 is 44.1 Å². The molecule has 12 N–H and O–H groups in total. The van der Waals surface area contributed by atoms with Crippen LogP contribution in [0.25, 0.3) is 0 Å². The quantitative estimate of drug-likeness (QED) is 0.0620. The first-order chi connectivity index (χ1) is 15.2. The molecule has 16 heteroatoms. The van der Waals surface area contributed by atoms with E-state index in [2.05, 4.69) is 15.6 Å². The number of nitrogens with one attached hydrogen (secondary N) is 3. The molecule has 33 heavy (non-hydrogen) atoms. The zero-order chi connectivity index (χ0) is 25.7. The number of carbonyl (C=O) groups excluding carboxylic acids is 3. The first-order valence-corrected chi connectivity index (χ1v) is 9.63. The van der Waals surface area contributed by atoms with Crippen molar-refractivity contribution in [1.29, 1.82) is 0 Å². The zero-order valence-electron chi connectivity index (χ0n) is 17.8. The first kappa shape index (κ1) is 29.0. The molecule has 0 heterocycles. The van der Waals surface area contributed by atoms with Crippen LogP contribution in [0.5, 0.6) is 0 Å². The molecule has 4 atom stereocenters. The zero-order valence-corrected chi connectivity index (χ0v) is 17.8. The Kier molecular flexibility index (Phi) is 12.5. The minimum absolute atomic E-state index is 0.0146. The van der Waals surface area contributed by atoms with Crippen LogP contribution >= 0.6 is 0 Å². The van der Waals surface area contributed by atoms with E-state index in [9.17, 15) is 28.8 Å². The highest BCUT2D eigenvalue weighted by Gasteiger charge is 2.29. The average molecular weight is 475 g/mol. The minimum Gasteiger partial charge on any atom is -0.481 e. The number of carboxylic acids is 3. The van der Waals surface area contributed by atoms with E-state index in [-0.39, 0.29) is 25.3 Å². The molecule has 0 radical (unpaired) electrons. The number of rotatable bonds is 15. The fourth-order valence-corrected chi connectivity index (χ4v) is 2.38. The Morgan fingerprint density at radius 3 is 1.85 bits per heavy atom. The molecule has 4 unspecified atom stereocenters. The molecule has 16 nitrogen and oxygen atoms in total. The highest BCUT2D eigenvalue weighted by molar-refractivity contribution is 5.95. The maximum Gasteiger partial charge on any atom is 0.326 e. The lowest BCUT2D eigenvalue weighted by Gasteiger charge is -2.23. The van der Waals surface area contributed by atoms with Crippen molar-refractivity contribution in [2.75, 3.05) is 6.54 Å². The second kappa shape index (κ2) is 14.2. The maximum atomic E-state index is 12.6. The molecule has 0 fully saturated rings. The lowest BCUT2D eigenvalue weighted by Crippen LogP contribution is -2.56. The van der Waals surface area contributed by atoms with E-state index in [0.717, 1.165) is 0 Å². The molecule has 0 saturated carbocycles. The summed E-state index contributed by atoms with van der Waals surface area (Å²) >= 11 is 0. The third kappa shape index (κ3) is 12.5. The van der Waals surface area contributed by atoms with Crippen molar-refractivity contribution in [2.24, 2.45) is 22.2 Å². The van der Waals surface area contributed by atoms with Crippen LogP contribution in [-0.2, 0) is 28.8 Å². The van der Waals surface area contributed by atoms with Gasteiger partial charge < -0.3 is 48.5 Å². The number of nitrogens with zero attached hydrogens (tertiary/aromatic N) is 1. The van der Waals surface area contributed by atoms with Gasteiger partial charge in [-0.05, 0) is 19.8 Å². The second-order valence-electron chi connectivity index (χ2n) is 6.94. The van der Waals surface area contributed by atoms with Gasteiger partial charge in [0, 0.05) is 6.54 Å². The summed E-state index contributed by atoms with van der Waals surface area (Å²) in [7, 11) is 0. The number of nitrogens with two attached hydrogens (primary N) is 3. The van der Waals surface area contributed by atoms with Crippen LogP contribution in [0.2, 0.25) is 0 Å². The summed E-state index contributed by atoms with van der Waals surface area (Å²) in [5.41, 5.74) is 15.9. The van der Waals surface area contributed by atoms with E-state index < -0.39 is 72.6 Å². The molecular formula is C17H29N7O9. The van der Waals surface area contributed by atoms with Gasteiger partial charge in [0.25, 0.3) is 0 Å². The largest absolute Gasteiger partial charge is 0.481 e. The van der Waals surface area contributed by atoms with Crippen LogP contribution in [0.4, 0.5) is 0 Å². The normalized spacial score (nSPS) is 14.0. The predicted octanol–water partition coefficient (Wildman–Crippen LogP) is -4.12. The molecule has 3 amide bonds. The van der Waals surface area contributed by atoms with Crippen LogP contribution in [0.3, 0.4) is 0 Å². The van der Waals surface area contributed by atoms with Crippen molar-refractivity contribution >= 4 is 41.6 Å². The summed E-state index contributed by atoms with van der Waals surface area (Å²) in [5.74, 6) is -7.33. The maximum absolute atomic E-state index is 12.6. The average Bonchev–Trinajstić information content (AvgIpc) is 2.68. The molecule has 0 aliphatic carbocycles. The van der Waals surface area contributed by atoms with Gasteiger partial charge in [0.05, 0.1) is 18.9 Å². The summed E-state index contributed by atoms with van der Waals surface area (Å²) in [5, 5.41) is 33.0. The van der Waals surface area contributed by atoms with E-state index in [1.54, 1.807) is 0 Å². The molecule has 0 spiro atoms. The minimum atomic E-state index is -1.72. The van der Waals surface area contributed by atoms with Gasteiger partial charge in [-0.3, -0.25) is 29.0 Å². The molecular weight excluding hydrogens is 446 g/mol. The van der Waals surface area contributed by atoms with Gasteiger partial charge in [-0.1, -0.05) is 0 Å². The van der Waals surface area contributed by atoms with Gasteiger partial charge in [0.2, 0.25) is 17.7 Å². The number of hydrogen-bond donors (Lipinski definition) is 9. The SMILES string of the molecule is CC(NC(=O)C(CCCN=C(N)N)NC(=O)C(N)CC(=O)O)C(=O)NC(CC(=O)O)C(=O)O. The lowest BCUT2D eigenvalue weighted by molar-refractivity contribution is -0.147. The van der Waals surface area contributed by atoms with Crippen molar-refractivity contribution in [3.05, 3.63) is 0 Å². The number of carbonyl (C=O) groups is 6. The third-order valence-electron chi connectivity index (χ3n) is 4.05. The molecule has 0 rings (SSSR count). The fraction of sp³-hybridized carbons (Fsp3) is 0.588. The van der Waals surface area contributed by atoms with E-state index in [4.69, 9.17) is 32.5 Å². The molecule has 0 aromatic carbocycles. The number of amides is 3. The number of hydrogen-bond acceptors (Lipinski definition) is 8. The van der Waals surface area contributed by atoms with E-state index in [1.165, 1.54) is 6.92 Å². The number of aliphatic carboxylic acids is 3. The Bertz CT molecular complexity index is 783. The van der Waals surface area contributed by atoms with Crippen molar-refractivity contribution in [2.45, 2.75) is 56.8 Å². The fourth-order valence-electron chi connectivity index (χ4n) is 2.38. The Morgan fingerprint density at radius 1 is 0.818 bits per heavy atom. The standard InChI is InChI=1S/C17H29N7O9/c1-7(13(29)24-10(16(32)33)6-12(27)28)22-15(31)9(3-2-4-21-17(19)20)23-14(30)8(18)5-11(25)26/h7-10H,2-6,18H2,1H3,(H,22,31)(H,23,30)(H,24,29)(H,25,26)(H,27,28)(H,32,33)(H4,19,20,21). The summed E-state index contributed by atoms with van der Waals surface area (Å²) < 4.78 is 0. The lowest BCUT2D eigenvalue weighted by atomic mass is 10.1. The van der Waals surface area contributed by atoms with Gasteiger partial charge in [-0.25, -0.2) is 4.79 Å². The van der Waals surface area contributed by atoms with Gasteiger partial charge in [-0.15, -0.1) is 0 Å². The summed E-state index contributed by atoms with van der Waals surface area (Å²) in [6, 6.07) is -5.73. The molecule has 0 bridgehead atoms. The van der Waals surface area contributed by atoms with Crippen LogP contribution in [0.1, 0.15) is 32.6 Å². The van der Waals surface area contributed by atoms with E-state index in [1.807, 2.05) is 5.32 Å². The van der Waals surface area contributed by atoms with Gasteiger partial charge in [0.15, 0.2) is 5.96 Å².